The van der Waals surface area contributed by atoms with Crippen molar-refractivity contribution in [2.75, 3.05) is 0 Å². The monoisotopic (exact) mass is 508 g/mol. The Hall–Kier alpha value is -0.820. The number of rotatable bonds is 4. The van der Waals surface area contributed by atoms with Gasteiger partial charge in [0.25, 0.3) is 0 Å². The van der Waals surface area contributed by atoms with Crippen LogP contribution in [0.4, 0.5) is 0 Å². The Morgan fingerprint density at radius 3 is 2.46 bits per heavy atom. The highest BCUT2D eigenvalue weighted by Gasteiger charge is 2.67. The summed E-state index contributed by atoms with van der Waals surface area (Å²) in [6, 6.07) is 0. The lowest BCUT2D eigenvalue weighted by Crippen LogP contribution is -2.63. The summed E-state index contributed by atoms with van der Waals surface area (Å²) in [5, 5.41) is 9.93. The fraction of sp³-hybridized carbons (Fsp3) is 0.857. The van der Waals surface area contributed by atoms with Crippen molar-refractivity contribution in [2.45, 2.75) is 144 Å². The molecule has 208 valence electrons. The molecule has 0 saturated heterocycles. The van der Waals surface area contributed by atoms with Gasteiger partial charge in [0.2, 0.25) is 0 Å². The number of allylic oxidation sites excluding steroid dienone is 3. The van der Waals surface area contributed by atoms with E-state index in [0.29, 0.717) is 34.2 Å². The van der Waals surface area contributed by atoms with Gasteiger partial charge in [-0.3, -0.25) is 0 Å². The van der Waals surface area contributed by atoms with Gasteiger partial charge in [-0.05, 0) is 123 Å². The molecule has 5 aliphatic carbocycles. The van der Waals surface area contributed by atoms with Crippen LogP contribution in [0, 0.1) is 44.8 Å². The van der Waals surface area contributed by atoms with E-state index in [2.05, 4.69) is 66.9 Å². The molecule has 0 aromatic rings. The molecular weight excluding hydrogens is 452 g/mol. The maximum atomic E-state index is 9.93. The minimum absolute atomic E-state index is 0.133. The minimum Gasteiger partial charge on any atom is -0.393 e. The summed E-state index contributed by atoms with van der Waals surface area (Å²) in [7, 11) is 0. The molecule has 37 heavy (non-hydrogen) atoms. The van der Waals surface area contributed by atoms with Crippen molar-refractivity contribution in [3.05, 3.63) is 29.5 Å². The predicted octanol–water partition coefficient (Wildman–Crippen LogP) is 9.04. The zero-order valence-corrected chi connectivity index (χ0v) is 25.4. The van der Waals surface area contributed by atoms with E-state index in [4.69, 9.17) is 4.74 Å². The van der Waals surface area contributed by atoms with Gasteiger partial charge in [0.1, 0.15) is 0 Å². The Morgan fingerprint density at radius 1 is 1.05 bits per heavy atom. The van der Waals surface area contributed by atoms with Crippen molar-refractivity contribution >= 4 is 0 Å². The molecule has 0 aliphatic heterocycles. The molecule has 0 bridgehead atoms. The Morgan fingerprint density at radius 2 is 1.78 bits per heavy atom. The summed E-state index contributed by atoms with van der Waals surface area (Å²) >= 11 is 0. The van der Waals surface area contributed by atoms with Gasteiger partial charge in [-0.2, -0.15) is 0 Å². The van der Waals surface area contributed by atoms with Crippen LogP contribution in [0.1, 0.15) is 126 Å². The van der Waals surface area contributed by atoms with Gasteiger partial charge >= 0.3 is 0 Å². The predicted molar refractivity (Wildman–Crippen MR) is 154 cm³/mol. The van der Waals surface area contributed by atoms with Crippen LogP contribution in [0.25, 0.3) is 0 Å². The number of ether oxygens (including phenoxy) is 1. The topological polar surface area (TPSA) is 29.5 Å². The lowest BCUT2D eigenvalue weighted by Gasteiger charge is -2.70. The molecular formula is C35H56O2. The molecule has 0 aromatic carbocycles. The molecule has 4 saturated carbocycles. The van der Waals surface area contributed by atoms with Crippen LogP contribution < -0.4 is 0 Å². The molecule has 0 aromatic heterocycles. The van der Waals surface area contributed by atoms with Crippen LogP contribution in [0.2, 0.25) is 0 Å². The van der Waals surface area contributed by atoms with E-state index >= 15 is 0 Å². The lowest BCUT2D eigenvalue weighted by molar-refractivity contribution is -0.192. The molecule has 0 amide bonds. The molecule has 5 aliphatic rings. The van der Waals surface area contributed by atoms with E-state index in [1.54, 1.807) is 5.57 Å². The Labute approximate surface area is 228 Å². The maximum Gasteiger partial charge on any atom is 0.0612 e. The standard InChI is InChI=1S/C35H56O2/c1-10-25-21-31(4,5)22-28-26-13-14-30-33(7)16-11-12-29(37-24(3)20-23(2)36)27(33)15-17-35(30,9)34(26,8)19-18-32(25,28)6/h13,23-24,27-30,36H,1,11-12,14-22H2,2-9H3/t23-,24-,27+,28+,29+,30-,32+,33+,34-,35-/m1/s1. The van der Waals surface area contributed by atoms with Gasteiger partial charge in [-0.1, -0.05) is 66.2 Å². The van der Waals surface area contributed by atoms with Crippen molar-refractivity contribution in [1.82, 2.24) is 0 Å². The first-order valence-electron chi connectivity index (χ1n) is 15.6. The van der Waals surface area contributed by atoms with Gasteiger partial charge in [0.05, 0.1) is 18.3 Å². The Bertz CT molecular complexity index is 983. The number of aliphatic hydroxyl groups excluding tert-OH is 1. The summed E-state index contributed by atoms with van der Waals surface area (Å²) in [4.78, 5) is 0. The maximum absolute atomic E-state index is 9.93. The highest BCUT2D eigenvalue weighted by molar-refractivity contribution is 5.37. The smallest absolute Gasteiger partial charge is 0.0612 e. The summed E-state index contributed by atoms with van der Waals surface area (Å²) in [6.07, 6.45) is 16.4. The van der Waals surface area contributed by atoms with Crippen molar-refractivity contribution in [1.29, 1.82) is 0 Å². The summed E-state index contributed by atoms with van der Waals surface area (Å²) in [6.45, 7) is 23.7. The molecule has 4 fully saturated rings. The van der Waals surface area contributed by atoms with Crippen LogP contribution in [-0.4, -0.2) is 23.4 Å². The molecule has 5 rings (SSSR count). The highest BCUT2D eigenvalue weighted by Crippen LogP contribution is 2.75. The SMILES string of the molecule is C=C=C1CC(C)(C)C[C@H]2C3=CC[C@@H]4[C@@]5(C)CCC[C@H](O[C@H](C)C[C@@H](C)O)[C@@H]5CC[C@@]4(C)[C@]3(C)CC[C@@]12C. The number of hydrogen-bond donors (Lipinski definition) is 1. The number of fused-ring (bicyclic) bond motifs is 7. The largest absolute Gasteiger partial charge is 0.393 e. The third-order valence-electron chi connectivity index (χ3n) is 13.2. The van der Waals surface area contributed by atoms with Crippen LogP contribution in [-0.2, 0) is 4.74 Å². The first-order chi connectivity index (χ1) is 17.2. The zero-order chi connectivity index (χ0) is 27.0. The Balaban J connectivity index is 1.49. The van der Waals surface area contributed by atoms with Gasteiger partial charge in [0.15, 0.2) is 0 Å². The minimum atomic E-state index is -0.292. The first kappa shape index (κ1) is 27.7. The van der Waals surface area contributed by atoms with E-state index in [1.165, 1.54) is 63.4 Å². The van der Waals surface area contributed by atoms with Gasteiger partial charge < -0.3 is 9.84 Å². The summed E-state index contributed by atoms with van der Waals surface area (Å²) in [5.41, 5.74) is 8.27. The molecule has 0 heterocycles. The second kappa shape index (κ2) is 9.11. The van der Waals surface area contributed by atoms with Crippen LogP contribution in [0.3, 0.4) is 0 Å². The van der Waals surface area contributed by atoms with Crippen LogP contribution in [0.5, 0.6) is 0 Å². The summed E-state index contributed by atoms with van der Waals surface area (Å²) in [5.74, 6) is 2.00. The van der Waals surface area contributed by atoms with E-state index in [0.717, 1.165) is 18.8 Å². The number of aliphatic hydroxyl groups is 1. The zero-order valence-electron chi connectivity index (χ0n) is 25.4. The molecule has 0 unspecified atom stereocenters. The Kier molecular flexibility index (Phi) is 6.83. The van der Waals surface area contributed by atoms with Crippen LogP contribution >= 0.6 is 0 Å². The van der Waals surface area contributed by atoms with Gasteiger partial charge in [-0.15, -0.1) is 5.73 Å². The fourth-order valence-corrected chi connectivity index (χ4v) is 11.0. The van der Waals surface area contributed by atoms with E-state index < -0.39 is 0 Å². The fourth-order valence-electron chi connectivity index (χ4n) is 11.0. The lowest BCUT2D eigenvalue weighted by atomic mass is 9.35. The molecule has 1 N–H and O–H groups in total. The average molecular weight is 509 g/mol. The number of hydrogen-bond acceptors (Lipinski definition) is 2. The highest BCUT2D eigenvalue weighted by atomic mass is 16.5. The molecule has 0 radical (unpaired) electrons. The molecule has 10 atom stereocenters. The third-order valence-corrected chi connectivity index (χ3v) is 13.2. The third kappa shape index (κ3) is 4.10. The van der Waals surface area contributed by atoms with E-state index in [-0.39, 0.29) is 23.0 Å². The van der Waals surface area contributed by atoms with Crippen molar-refractivity contribution in [2.24, 2.45) is 44.8 Å². The molecule has 2 heteroatoms. The van der Waals surface area contributed by atoms with Crippen LogP contribution in [0.15, 0.2) is 29.5 Å². The van der Waals surface area contributed by atoms with Crippen molar-refractivity contribution < 1.29 is 9.84 Å². The van der Waals surface area contributed by atoms with Gasteiger partial charge in [-0.25, -0.2) is 0 Å². The summed E-state index contributed by atoms with van der Waals surface area (Å²) < 4.78 is 6.72. The second-order valence-electron chi connectivity index (χ2n) is 16.0. The molecule has 0 spiro atoms. The first-order valence-corrected chi connectivity index (χ1v) is 15.6. The van der Waals surface area contributed by atoms with E-state index in [1.807, 2.05) is 6.92 Å². The average Bonchev–Trinajstić information content (AvgIpc) is 2.79. The quantitative estimate of drug-likeness (QED) is 0.303. The van der Waals surface area contributed by atoms with Gasteiger partial charge in [0, 0.05) is 5.41 Å². The van der Waals surface area contributed by atoms with Crippen molar-refractivity contribution in [3.8, 4) is 0 Å². The van der Waals surface area contributed by atoms with Crippen molar-refractivity contribution in [3.63, 3.8) is 0 Å². The normalized spacial score (nSPS) is 48.4. The van der Waals surface area contributed by atoms with E-state index in [9.17, 15) is 5.11 Å². The molecule has 2 nitrogen and oxygen atoms in total. The second-order valence-corrected chi connectivity index (χ2v) is 16.0.